The van der Waals surface area contributed by atoms with Crippen molar-refractivity contribution < 1.29 is 14.3 Å². The Morgan fingerprint density at radius 2 is 1.77 bits per heavy atom. The standard InChI is InChI=1S/C31H32N4O3S/c1-19-9-14-26(20(2)17-19)34-30(37)27-21(3)32-31-35(15-6-16-39-31)28(27)22-10-12-24(13-11-22)33-29(36)23-7-5-8-25(18-23)38-4/h5,7-14,17-18,28H,6,15-16H2,1-4H3,(H,33,36)(H,34,37). The first-order valence-corrected chi connectivity index (χ1v) is 14.0. The third kappa shape index (κ3) is 5.71. The summed E-state index contributed by atoms with van der Waals surface area (Å²) in [6.45, 7) is 6.76. The molecule has 0 spiro atoms. The molecule has 2 N–H and O–H groups in total. The molecule has 8 heteroatoms. The summed E-state index contributed by atoms with van der Waals surface area (Å²) in [6, 6.07) is 20.5. The van der Waals surface area contributed by atoms with E-state index >= 15 is 0 Å². The fourth-order valence-corrected chi connectivity index (χ4v) is 5.99. The van der Waals surface area contributed by atoms with Gasteiger partial charge in [-0.05, 0) is 74.7 Å². The zero-order valence-electron chi connectivity index (χ0n) is 22.6. The molecular formula is C31H32N4O3S. The molecule has 2 amide bonds. The van der Waals surface area contributed by atoms with Crippen LogP contribution in [0.1, 0.15) is 46.4 Å². The molecule has 2 aliphatic heterocycles. The summed E-state index contributed by atoms with van der Waals surface area (Å²) in [6.07, 6.45) is 1.01. The number of rotatable bonds is 6. The normalized spacial score (nSPS) is 16.8. The van der Waals surface area contributed by atoms with Gasteiger partial charge in [0, 0.05) is 29.2 Å². The number of ether oxygens (including phenoxy) is 1. The molecule has 200 valence electrons. The van der Waals surface area contributed by atoms with E-state index in [0.717, 1.165) is 52.0 Å². The number of hydrogen-bond acceptors (Lipinski definition) is 6. The van der Waals surface area contributed by atoms with Crippen LogP contribution in [-0.4, -0.2) is 41.3 Å². The van der Waals surface area contributed by atoms with Crippen molar-refractivity contribution in [3.63, 3.8) is 0 Å². The van der Waals surface area contributed by atoms with Gasteiger partial charge in [-0.3, -0.25) is 9.59 Å². The number of carbonyl (C=O) groups is 2. The lowest BCUT2D eigenvalue weighted by Crippen LogP contribution is -2.43. The number of amidine groups is 1. The van der Waals surface area contributed by atoms with Gasteiger partial charge in [0.25, 0.3) is 11.8 Å². The number of benzene rings is 3. The highest BCUT2D eigenvalue weighted by molar-refractivity contribution is 8.13. The highest BCUT2D eigenvalue weighted by atomic mass is 32.2. The number of nitrogens with zero attached hydrogens (tertiary/aromatic N) is 2. The summed E-state index contributed by atoms with van der Waals surface area (Å²) in [5.74, 6) is 1.26. The van der Waals surface area contributed by atoms with Gasteiger partial charge in [0.1, 0.15) is 5.75 Å². The molecule has 0 bridgehead atoms. The number of anilines is 2. The molecular weight excluding hydrogens is 508 g/mol. The van der Waals surface area contributed by atoms with Crippen LogP contribution in [0.5, 0.6) is 5.75 Å². The van der Waals surface area contributed by atoms with Gasteiger partial charge < -0.3 is 20.3 Å². The van der Waals surface area contributed by atoms with Crippen molar-refractivity contribution in [2.45, 2.75) is 33.2 Å². The van der Waals surface area contributed by atoms with Gasteiger partial charge in [-0.25, -0.2) is 4.99 Å². The third-order valence-electron chi connectivity index (χ3n) is 6.95. The minimum Gasteiger partial charge on any atom is -0.497 e. The molecule has 1 saturated heterocycles. The molecule has 7 nitrogen and oxygen atoms in total. The Morgan fingerprint density at radius 1 is 0.974 bits per heavy atom. The second kappa shape index (κ2) is 11.4. The van der Waals surface area contributed by atoms with E-state index in [1.807, 2.05) is 57.2 Å². The Balaban J connectivity index is 1.43. The molecule has 1 unspecified atom stereocenters. The SMILES string of the molecule is COc1cccc(C(=O)Nc2ccc(C3C(C(=O)Nc4ccc(C)cc4C)=C(C)N=C4SCCCN43)cc2)c1. The predicted molar refractivity (Wildman–Crippen MR) is 159 cm³/mol. The Labute approximate surface area is 233 Å². The van der Waals surface area contributed by atoms with Crippen LogP contribution in [0.4, 0.5) is 11.4 Å². The van der Waals surface area contributed by atoms with Crippen molar-refractivity contribution in [1.29, 1.82) is 0 Å². The maximum absolute atomic E-state index is 13.8. The smallest absolute Gasteiger partial charge is 0.255 e. The second-order valence-electron chi connectivity index (χ2n) is 9.77. The molecule has 0 aliphatic carbocycles. The van der Waals surface area contributed by atoms with Crippen LogP contribution in [0.2, 0.25) is 0 Å². The summed E-state index contributed by atoms with van der Waals surface area (Å²) in [7, 11) is 1.57. The maximum Gasteiger partial charge on any atom is 0.255 e. The van der Waals surface area contributed by atoms with Crippen LogP contribution in [0.15, 0.2) is 83.0 Å². The largest absolute Gasteiger partial charge is 0.497 e. The average molecular weight is 541 g/mol. The number of aryl methyl sites for hydroxylation is 2. The number of thioether (sulfide) groups is 1. The van der Waals surface area contributed by atoms with Gasteiger partial charge in [-0.15, -0.1) is 0 Å². The van der Waals surface area contributed by atoms with Gasteiger partial charge in [0.2, 0.25) is 0 Å². The summed E-state index contributed by atoms with van der Waals surface area (Å²) in [5, 5.41) is 7.03. The van der Waals surface area contributed by atoms with E-state index in [1.54, 1.807) is 43.1 Å². The number of fused-ring (bicyclic) bond motifs is 1. The first-order valence-electron chi connectivity index (χ1n) is 13.0. The monoisotopic (exact) mass is 540 g/mol. The lowest BCUT2D eigenvalue weighted by molar-refractivity contribution is -0.113. The van der Waals surface area contributed by atoms with Crippen LogP contribution in [0, 0.1) is 13.8 Å². The Morgan fingerprint density at radius 3 is 2.51 bits per heavy atom. The third-order valence-corrected chi connectivity index (χ3v) is 8.03. The fourth-order valence-electron chi connectivity index (χ4n) is 4.97. The predicted octanol–water partition coefficient (Wildman–Crippen LogP) is 6.33. The summed E-state index contributed by atoms with van der Waals surface area (Å²) in [4.78, 5) is 33.6. The molecule has 5 rings (SSSR count). The van der Waals surface area contributed by atoms with Gasteiger partial charge in [0.05, 0.1) is 24.4 Å². The van der Waals surface area contributed by atoms with Gasteiger partial charge in [-0.1, -0.05) is 47.7 Å². The molecule has 3 aromatic carbocycles. The maximum atomic E-state index is 13.8. The molecule has 1 atom stereocenters. The number of aliphatic imine (C=N–C) groups is 1. The first kappa shape index (κ1) is 26.6. The summed E-state index contributed by atoms with van der Waals surface area (Å²) < 4.78 is 5.24. The van der Waals surface area contributed by atoms with Crippen molar-refractivity contribution in [2.75, 3.05) is 30.0 Å². The van der Waals surface area contributed by atoms with Crippen LogP contribution >= 0.6 is 11.8 Å². The average Bonchev–Trinajstić information content (AvgIpc) is 2.94. The zero-order valence-corrected chi connectivity index (χ0v) is 23.4. The van der Waals surface area contributed by atoms with Crippen LogP contribution < -0.4 is 15.4 Å². The molecule has 39 heavy (non-hydrogen) atoms. The van der Waals surface area contributed by atoms with E-state index in [-0.39, 0.29) is 17.9 Å². The minimum atomic E-state index is -0.279. The number of amides is 2. The Hall–Kier alpha value is -4.04. The molecule has 1 fully saturated rings. The second-order valence-corrected chi connectivity index (χ2v) is 10.8. The van der Waals surface area contributed by atoms with Crippen molar-refractivity contribution >= 4 is 40.1 Å². The number of hydrogen-bond donors (Lipinski definition) is 2. The molecule has 0 aromatic heterocycles. The Bertz CT molecular complexity index is 1480. The number of allylic oxidation sites excluding steroid dienone is 1. The van der Waals surface area contributed by atoms with E-state index in [9.17, 15) is 9.59 Å². The van der Waals surface area contributed by atoms with E-state index in [4.69, 9.17) is 9.73 Å². The minimum absolute atomic E-state index is 0.154. The topological polar surface area (TPSA) is 83.0 Å². The molecule has 3 aromatic rings. The Kier molecular flexibility index (Phi) is 7.74. The van der Waals surface area contributed by atoms with Crippen molar-refractivity contribution in [3.05, 3.63) is 100 Å². The van der Waals surface area contributed by atoms with Gasteiger partial charge in [-0.2, -0.15) is 0 Å². The lowest BCUT2D eigenvalue weighted by Gasteiger charge is -2.41. The van der Waals surface area contributed by atoms with Crippen molar-refractivity contribution in [2.24, 2.45) is 4.99 Å². The van der Waals surface area contributed by atoms with E-state index in [2.05, 4.69) is 21.6 Å². The fraction of sp³-hybridized carbons (Fsp3) is 0.258. The van der Waals surface area contributed by atoms with Gasteiger partial charge in [0.15, 0.2) is 5.17 Å². The summed E-state index contributed by atoms with van der Waals surface area (Å²) in [5.41, 5.74) is 6.47. The van der Waals surface area contributed by atoms with E-state index in [1.165, 1.54) is 0 Å². The van der Waals surface area contributed by atoms with E-state index < -0.39 is 0 Å². The van der Waals surface area contributed by atoms with Crippen LogP contribution in [0.25, 0.3) is 0 Å². The summed E-state index contributed by atoms with van der Waals surface area (Å²) >= 11 is 1.73. The highest BCUT2D eigenvalue weighted by Crippen LogP contribution is 2.40. The molecule has 2 heterocycles. The lowest BCUT2D eigenvalue weighted by atomic mass is 9.93. The number of carbonyl (C=O) groups excluding carboxylic acids is 2. The molecule has 2 aliphatic rings. The molecule has 0 saturated carbocycles. The van der Waals surface area contributed by atoms with Crippen LogP contribution in [-0.2, 0) is 4.79 Å². The quantitative estimate of drug-likeness (QED) is 0.382. The number of nitrogens with one attached hydrogen (secondary N) is 2. The zero-order chi connectivity index (χ0) is 27.5. The van der Waals surface area contributed by atoms with Crippen molar-refractivity contribution in [3.8, 4) is 5.75 Å². The van der Waals surface area contributed by atoms with Crippen LogP contribution in [0.3, 0.4) is 0 Å². The van der Waals surface area contributed by atoms with Gasteiger partial charge >= 0.3 is 0 Å². The molecule has 0 radical (unpaired) electrons. The number of methoxy groups -OCH3 is 1. The highest BCUT2D eigenvalue weighted by Gasteiger charge is 2.37. The van der Waals surface area contributed by atoms with Crippen molar-refractivity contribution in [1.82, 2.24) is 4.90 Å². The first-order chi connectivity index (χ1) is 18.8. The van der Waals surface area contributed by atoms with E-state index in [0.29, 0.717) is 22.6 Å².